The second kappa shape index (κ2) is 10.9. The van der Waals surface area contributed by atoms with E-state index in [4.69, 9.17) is 4.74 Å². The lowest BCUT2D eigenvalue weighted by Crippen LogP contribution is -2.39. The molecule has 0 aliphatic rings. The Morgan fingerprint density at radius 1 is 1.25 bits per heavy atom. The Balaban J connectivity index is 0.00000288. The molecule has 0 spiro atoms. The van der Waals surface area contributed by atoms with Gasteiger partial charge in [0, 0.05) is 45.1 Å². The second-order valence-electron chi connectivity index (χ2n) is 5.25. The maximum atomic E-state index is 5.40. The third kappa shape index (κ3) is 5.99. The third-order valence-corrected chi connectivity index (χ3v) is 3.59. The predicted octanol–water partition coefficient (Wildman–Crippen LogP) is 2.96. The highest BCUT2D eigenvalue weighted by molar-refractivity contribution is 14.0. The van der Waals surface area contributed by atoms with Crippen molar-refractivity contribution in [2.75, 3.05) is 27.7 Å². The van der Waals surface area contributed by atoms with Gasteiger partial charge in [0.05, 0.1) is 7.11 Å². The molecular weight excluding hydrogens is 415 g/mol. The van der Waals surface area contributed by atoms with E-state index in [-0.39, 0.29) is 24.0 Å². The van der Waals surface area contributed by atoms with Gasteiger partial charge in [0.1, 0.15) is 5.75 Å². The number of nitrogens with one attached hydrogen (secondary N) is 1. The Bertz CT molecular complexity index is 634. The fourth-order valence-corrected chi connectivity index (χ4v) is 2.41. The molecule has 5 nitrogen and oxygen atoms in total. The first-order chi connectivity index (χ1) is 11.2. The normalized spacial score (nSPS) is 10.7. The van der Waals surface area contributed by atoms with Crippen LogP contribution in [0, 0.1) is 0 Å². The van der Waals surface area contributed by atoms with E-state index in [0.29, 0.717) is 0 Å². The van der Waals surface area contributed by atoms with Gasteiger partial charge in [0.25, 0.3) is 0 Å². The molecule has 0 fully saturated rings. The van der Waals surface area contributed by atoms with Crippen LogP contribution in [0.2, 0.25) is 0 Å². The zero-order valence-electron chi connectivity index (χ0n) is 14.4. The van der Waals surface area contributed by atoms with Gasteiger partial charge in [-0.3, -0.25) is 9.98 Å². The Hall–Kier alpha value is -1.83. The molecule has 0 atom stereocenters. The zero-order chi connectivity index (χ0) is 16.5. The summed E-state index contributed by atoms with van der Waals surface area (Å²) in [6.07, 6.45) is 4.59. The lowest BCUT2D eigenvalue weighted by atomic mass is 10.2. The maximum Gasteiger partial charge on any atom is 0.193 e. The number of pyridine rings is 1. The molecule has 0 radical (unpaired) electrons. The molecule has 1 aromatic carbocycles. The summed E-state index contributed by atoms with van der Waals surface area (Å²) >= 11 is 0. The largest absolute Gasteiger partial charge is 0.496 e. The minimum Gasteiger partial charge on any atom is -0.496 e. The molecule has 0 bridgehead atoms. The summed E-state index contributed by atoms with van der Waals surface area (Å²) in [5.74, 6) is 1.75. The van der Waals surface area contributed by atoms with Crippen molar-refractivity contribution in [3.63, 3.8) is 0 Å². The quantitative estimate of drug-likeness (QED) is 0.427. The van der Waals surface area contributed by atoms with Crippen LogP contribution in [0.15, 0.2) is 53.8 Å². The van der Waals surface area contributed by atoms with Gasteiger partial charge < -0.3 is 15.0 Å². The molecule has 1 N–H and O–H groups in total. The summed E-state index contributed by atoms with van der Waals surface area (Å²) in [4.78, 5) is 10.6. The lowest BCUT2D eigenvalue weighted by Gasteiger charge is -2.23. The molecule has 2 rings (SSSR count). The van der Waals surface area contributed by atoms with E-state index >= 15 is 0 Å². The molecule has 0 aliphatic heterocycles. The number of methoxy groups -OCH3 is 1. The fraction of sp³-hybridized carbons (Fsp3) is 0.333. The number of aliphatic imine (C=N–C) groups is 1. The number of ether oxygens (including phenoxy) is 1. The SMILES string of the molecule is CN=C(NCCc1cccnc1)N(C)Cc1ccccc1OC.I. The first-order valence-electron chi connectivity index (χ1n) is 7.67. The first kappa shape index (κ1) is 20.2. The number of hydrogen-bond acceptors (Lipinski definition) is 3. The van der Waals surface area contributed by atoms with Crippen LogP contribution < -0.4 is 10.1 Å². The molecule has 0 saturated carbocycles. The van der Waals surface area contributed by atoms with Crippen LogP contribution in [0.25, 0.3) is 0 Å². The van der Waals surface area contributed by atoms with E-state index in [1.54, 1.807) is 20.4 Å². The van der Waals surface area contributed by atoms with Gasteiger partial charge in [0.15, 0.2) is 5.96 Å². The molecule has 0 saturated heterocycles. The highest BCUT2D eigenvalue weighted by atomic mass is 127. The molecule has 0 aliphatic carbocycles. The van der Waals surface area contributed by atoms with E-state index in [0.717, 1.165) is 36.8 Å². The van der Waals surface area contributed by atoms with Crippen LogP contribution in [-0.2, 0) is 13.0 Å². The minimum atomic E-state index is 0. The Labute approximate surface area is 161 Å². The molecule has 0 unspecified atom stereocenters. The Kier molecular flexibility index (Phi) is 9.14. The molecule has 24 heavy (non-hydrogen) atoms. The Morgan fingerprint density at radius 3 is 2.71 bits per heavy atom. The average molecular weight is 440 g/mol. The van der Waals surface area contributed by atoms with Crippen molar-refractivity contribution in [1.82, 2.24) is 15.2 Å². The Morgan fingerprint density at radius 2 is 2.04 bits per heavy atom. The van der Waals surface area contributed by atoms with Crippen molar-refractivity contribution in [3.05, 3.63) is 59.9 Å². The summed E-state index contributed by atoms with van der Waals surface area (Å²) in [5.41, 5.74) is 2.34. The number of guanidine groups is 1. The van der Waals surface area contributed by atoms with Gasteiger partial charge in [-0.2, -0.15) is 0 Å². The second-order valence-corrected chi connectivity index (χ2v) is 5.25. The maximum absolute atomic E-state index is 5.40. The summed E-state index contributed by atoms with van der Waals surface area (Å²) in [6.45, 7) is 1.55. The van der Waals surface area contributed by atoms with Gasteiger partial charge in [-0.05, 0) is 24.1 Å². The van der Waals surface area contributed by atoms with Crippen molar-refractivity contribution >= 4 is 29.9 Å². The molecular formula is C18H25IN4O. The van der Waals surface area contributed by atoms with E-state index in [9.17, 15) is 0 Å². The van der Waals surface area contributed by atoms with E-state index < -0.39 is 0 Å². The van der Waals surface area contributed by atoms with Crippen LogP contribution in [0.4, 0.5) is 0 Å². The van der Waals surface area contributed by atoms with E-state index in [2.05, 4.69) is 32.3 Å². The highest BCUT2D eigenvalue weighted by Gasteiger charge is 2.09. The van der Waals surface area contributed by atoms with Gasteiger partial charge in [-0.15, -0.1) is 24.0 Å². The van der Waals surface area contributed by atoms with Crippen molar-refractivity contribution in [3.8, 4) is 5.75 Å². The van der Waals surface area contributed by atoms with Crippen molar-refractivity contribution in [1.29, 1.82) is 0 Å². The molecule has 130 valence electrons. The summed E-state index contributed by atoms with van der Waals surface area (Å²) < 4.78 is 5.40. The molecule has 1 aromatic heterocycles. The van der Waals surface area contributed by atoms with Crippen molar-refractivity contribution in [2.24, 2.45) is 4.99 Å². The van der Waals surface area contributed by atoms with E-state index in [1.165, 1.54) is 5.56 Å². The molecule has 0 amide bonds. The topological polar surface area (TPSA) is 49.8 Å². The number of hydrogen-bond donors (Lipinski definition) is 1. The average Bonchev–Trinajstić information content (AvgIpc) is 2.60. The molecule has 6 heteroatoms. The monoisotopic (exact) mass is 440 g/mol. The summed E-state index contributed by atoms with van der Waals surface area (Å²) in [6, 6.07) is 12.1. The van der Waals surface area contributed by atoms with Gasteiger partial charge >= 0.3 is 0 Å². The zero-order valence-corrected chi connectivity index (χ0v) is 16.7. The molecule has 1 heterocycles. The standard InChI is InChI=1S/C18H24N4O.HI/c1-19-18(21-12-10-15-7-6-11-20-13-15)22(2)14-16-8-4-5-9-17(16)23-3;/h4-9,11,13H,10,12,14H2,1-3H3,(H,19,21);1H. The van der Waals surface area contributed by atoms with E-state index in [1.807, 2.05) is 37.5 Å². The third-order valence-electron chi connectivity index (χ3n) is 3.59. The highest BCUT2D eigenvalue weighted by Crippen LogP contribution is 2.18. The van der Waals surface area contributed by atoms with Crippen molar-refractivity contribution < 1.29 is 4.74 Å². The minimum absolute atomic E-state index is 0. The number of benzene rings is 1. The predicted molar refractivity (Wildman–Crippen MR) is 109 cm³/mol. The lowest BCUT2D eigenvalue weighted by molar-refractivity contribution is 0.396. The summed E-state index contributed by atoms with van der Waals surface area (Å²) in [5, 5.41) is 3.38. The number of para-hydroxylation sites is 1. The number of aromatic nitrogens is 1. The van der Waals surface area contributed by atoms with Crippen LogP contribution in [0.5, 0.6) is 5.75 Å². The fourth-order valence-electron chi connectivity index (χ4n) is 2.41. The van der Waals surface area contributed by atoms with Crippen LogP contribution >= 0.6 is 24.0 Å². The van der Waals surface area contributed by atoms with Crippen LogP contribution in [0.3, 0.4) is 0 Å². The van der Waals surface area contributed by atoms with Gasteiger partial charge in [-0.1, -0.05) is 24.3 Å². The summed E-state index contributed by atoms with van der Waals surface area (Å²) in [7, 11) is 5.51. The number of rotatable bonds is 6. The van der Waals surface area contributed by atoms with Crippen LogP contribution in [0.1, 0.15) is 11.1 Å². The van der Waals surface area contributed by atoms with Gasteiger partial charge in [0.2, 0.25) is 0 Å². The smallest absolute Gasteiger partial charge is 0.193 e. The van der Waals surface area contributed by atoms with Gasteiger partial charge in [-0.25, -0.2) is 0 Å². The number of halogens is 1. The molecule has 2 aromatic rings. The van der Waals surface area contributed by atoms with Crippen LogP contribution in [-0.4, -0.2) is 43.6 Å². The van der Waals surface area contributed by atoms with Crippen molar-refractivity contribution in [2.45, 2.75) is 13.0 Å². The number of nitrogens with zero attached hydrogens (tertiary/aromatic N) is 3. The first-order valence-corrected chi connectivity index (χ1v) is 7.67.